The molecular weight excluding hydrogens is 552 g/mol. The van der Waals surface area contributed by atoms with Crippen molar-refractivity contribution >= 4 is 34.2 Å². The number of phenolic OH excluding ortho intramolecular Hbond substituents is 1. The predicted molar refractivity (Wildman–Crippen MR) is 153 cm³/mol. The first kappa shape index (κ1) is 28.2. The fourth-order valence-corrected chi connectivity index (χ4v) is 5.54. The molecule has 0 radical (unpaired) electrons. The molecule has 5 rings (SSSR count). The number of phenols is 1. The number of ether oxygens (including phenoxy) is 1. The van der Waals surface area contributed by atoms with Crippen LogP contribution in [-0.2, 0) is 11.2 Å². The number of piperazine rings is 1. The maximum atomic E-state index is 16.3. The highest BCUT2D eigenvalue weighted by atomic mass is 35.5. The standard InChI is InChI=1S/C30H28ClF2N5O3/c1-4-24(40)37-15-17(2)38(18(3)16-37)29-20-14-21(31)25(26-22(32)9-7-10-23(26)39)27(33)28(20)35-30(36-29)41-13-11-19-8-5-6-12-34-19/h4-10,12,14,17-18,39H,1,11,13,15-16H2,2-3H3/t17-,18+. The summed E-state index contributed by atoms with van der Waals surface area (Å²) in [4.78, 5) is 29.3. The van der Waals surface area contributed by atoms with E-state index in [1.807, 2.05) is 36.9 Å². The summed E-state index contributed by atoms with van der Waals surface area (Å²) in [6.45, 7) is 8.38. The van der Waals surface area contributed by atoms with E-state index in [0.717, 1.165) is 11.8 Å². The fraction of sp³-hybridized carbons (Fsp3) is 0.267. The molecule has 2 aromatic carbocycles. The van der Waals surface area contributed by atoms with Gasteiger partial charge in [0.05, 0.1) is 17.2 Å². The number of carbonyl (C=O) groups is 1. The minimum absolute atomic E-state index is 0.0858. The maximum absolute atomic E-state index is 16.3. The third-order valence-electron chi connectivity index (χ3n) is 7.05. The smallest absolute Gasteiger partial charge is 0.319 e. The van der Waals surface area contributed by atoms with Gasteiger partial charge in [0.1, 0.15) is 22.9 Å². The van der Waals surface area contributed by atoms with Crippen molar-refractivity contribution in [2.24, 2.45) is 0 Å². The van der Waals surface area contributed by atoms with Crippen LogP contribution in [0.25, 0.3) is 22.0 Å². The van der Waals surface area contributed by atoms with E-state index < -0.39 is 17.4 Å². The average Bonchev–Trinajstić information content (AvgIpc) is 2.94. The minimum Gasteiger partial charge on any atom is -0.507 e. The van der Waals surface area contributed by atoms with Crippen molar-refractivity contribution in [2.45, 2.75) is 32.4 Å². The van der Waals surface area contributed by atoms with Crippen LogP contribution in [0.15, 0.2) is 61.3 Å². The first-order chi connectivity index (χ1) is 19.7. The molecule has 11 heteroatoms. The lowest BCUT2D eigenvalue weighted by Gasteiger charge is -2.45. The Morgan fingerprint density at radius 3 is 2.56 bits per heavy atom. The Bertz CT molecular complexity index is 1590. The minimum atomic E-state index is -0.924. The molecule has 1 N–H and O–H groups in total. The largest absolute Gasteiger partial charge is 0.507 e. The van der Waals surface area contributed by atoms with E-state index in [9.17, 15) is 14.3 Å². The van der Waals surface area contributed by atoms with Crippen molar-refractivity contribution in [1.29, 1.82) is 0 Å². The number of pyridine rings is 1. The van der Waals surface area contributed by atoms with Crippen molar-refractivity contribution < 1.29 is 23.4 Å². The maximum Gasteiger partial charge on any atom is 0.319 e. The highest BCUT2D eigenvalue weighted by Crippen LogP contribution is 2.43. The predicted octanol–water partition coefficient (Wildman–Crippen LogP) is 5.56. The van der Waals surface area contributed by atoms with Crippen LogP contribution in [-0.4, -0.2) is 62.6 Å². The lowest BCUT2D eigenvalue weighted by Crippen LogP contribution is -2.58. The zero-order valence-corrected chi connectivity index (χ0v) is 23.3. The van der Waals surface area contributed by atoms with Crippen molar-refractivity contribution in [3.63, 3.8) is 0 Å². The Hall–Kier alpha value is -4.31. The monoisotopic (exact) mass is 579 g/mol. The lowest BCUT2D eigenvalue weighted by atomic mass is 10.00. The lowest BCUT2D eigenvalue weighted by molar-refractivity contribution is -0.127. The van der Waals surface area contributed by atoms with Gasteiger partial charge >= 0.3 is 6.01 Å². The first-order valence-electron chi connectivity index (χ1n) is 13.1. The molecule has 41 heavy (non-hydrogen) atoms. The number of nitrogens with zero attached hydrogens (tertiary/aromatic N) is 5. The molecule has 8 nitrogen and oxygen atoms in total. The van der Waals surface area contributed by atoms with Crippen LogP contribution in [0.1, 0.15) is 19.5 Å². The average molecular weight is 580 g/mol. The van der Waals surface area contributed by atoms with E-state index in [0.29, 0.717) is 25.3 Å². The van der Waals surface area contributed by atoms with Gasteiger partial charge < -0.3 is 19.6 Å². The number of halogens is 3. The van der Waals surface area contributed by atoms with Crippen LogP contribution in [0.2, 0.25) is 5.02 Å². The number of rotatable bonds is 7. The van der Waals surface area contributed by atoms with E-state index in [1.165, 1.54) is 24.3 Å². The summed E-state index contributed by atoms with van der Waals surface area (Å²) in [5, 5.41) is 10.5. The van der Waals surface area contributed by atoms with Crippen LogP contribution in [0.3, 0.4) is 0 Å². The van der Waals surface area contributed by atoms with Gasteiger partial charge in [-0.2, -0.15) is 9.97 Å². The van der Waals surface area contributed by atoms with Crippen molar-refractivity contribution in [2.75, 3.05) is 24.6 Å². The van der Waals surface area contributed by atoms with Gasteiger partial charge in [0.2, 0.25) is 5.91 Å². The van der Waals surface area contributed by atoms with E-state index in [-0.39, 0.29) is 57.7 Å². The Labute approximate surface area is 240 Å². The van der Waals surface area contributed by atoms with E-state index in [1.54, 1.807) is 11.1 Å². The van der Waals surface area contributed by atoms with Crippen molar-refractivity contribution in [3.05, 3.63) is 83.7 Å². The van der Waals surface area contributed by atoms with Gasteiger partial charge in [0, 0.05) is 54.4 Å². The van der Waals surface area contributed by atoms with Crippen molar-refractivity contribution in [3.8, 4) is 22.9 Å². The van der Waals surface area contributed by atoms with Gasteiger partial charge in [0.15, 0.2) is 5.82 Å². The molecule has 1 aliphatic rings. The summed E-state index contributed by atoms with van der Waals surface area (Å²) >= 11 is 6.55. The van der Waals surface area contributed by atoms with Crippen LogP contribution in [0.4, 0.5) is 14.6 Å². The zero-order valence-electron chi connectivity index (χ0n) is 22.5. The van der Waals surface area contributed by atoms with Gasteiger partial charge in [-0.05, 0) is 50.3 Å². The number of hydrogen-bond acceptors (Lipinski definition) is 7. The summed E-state index contributed by atoms with van der Waals surface area (Å²) in [5.41, 5.74) is -0.0303. The van der Waals surface area contributed by atoms with Crippen molar-refractivity contribution in [1.82, 2.24) is 19.9 Å². The van der Waals surface area contributed by atoms with Gasteiger partial charge in [-0.25, -0.2) is 8.78 Å². The summed E-state index contributed by atoms with van der Waals surface area (Å²) in [5.74, 6) is -2.04. The summed E-state index contributed by atoms with van der Waals surface area (Å²) in [6, 6.07) is 10.2. The van der Waals surface area contributed by atoms with Gasteiger partial charge in [-0.3, -0.25) is 9.78 Å². The number of fused-ring (bicyclic) bond motifs is 1. The molecule has 1 aliphatic heterocycles. The highest BCUT2D eigenvalue weighted by molar-refractivity contribution is 6.34. The number of carbonyl (C=O) groups excluding carboxylic acids is 1. The van der Waals surface area contributed by atoms with E-state index in [2.05, 4.69) is 21.5 Å². The second-order valence-corrected chi connectivity index (χ2v) is 10.3. The normalized spacial score (nSPS) is 17.1. The molecule has 4 aromatic rings. The molecule has 0 spiro atoms. The molecule has 1 fully saturated rings. The quantitative estimate of drug-likeness (QED) is 0.287. The molecule has 0 saturated carbocycles. The van der Waals surface area contributed by atoms with Crippen LogP contribution in [0.5, 0.6) is 11.8 Å². The second-order valence-electron chi connectivity index (χ2n) is 9.88. The summed E-state index contributed by atoms with van der Waals surface area (Å²) in [7, 11) is 0. The van der Waals surface area contributed by atoms with Gasteiger partial charge in [-0.1, -0.05) is 30.3 Å². The Morgan fingerprint density at radius 2 is 1.90 bits per heavy atom. The Balaban J connectivity index is 1.63. The fourth-order valence-electron chi connectivity index (χ4n) is 5.25. The third kappa shape index (κ3) is 5.52. The Kier molecular flexibility index (Phi) is 8.03. The topological polar surface area (TPSA) is 91.7 Å². The molecule has 3 heterocycles. The van der Waals surface area contributed by atoms with Gasteiger partial charge in [0.25, 0.3) is 0 Å². The molecule has 2 atom stereocenters. The summed E-state index contributed by atoms with van der Waals surface area (Å²) < 4.78 is 37.0. The number of benzene rings is 2. The SMILES string of the molecule is C=CC(=O)N1C[C@@H](C)N(c2nc(OCCc3ccccn3)nc3c(F)c(-c4c(O)cccc4F)c(Cl)cc23)[C@@H](C)C1. The highest BCUT2D eigenvalue weighted by Gasteiger charge is 2.34. The molecule has 1 saturated heterocycles. The van der Waals surface area contributed by atoms with Crippen LogP contribution >= 0.6 is 11.6 Å². The number of hydrogen-bond donors (Lipinski definition) is 1. The number of aromatic hydroxyl groups is 1. The van der Waals surface area contributed by atoms with E-state index >= 15 is 4.39 Å². The molecule has 0 bridgehead atoms. The Morgan fingerprint density at radius 1 is 1.15 bits per heavy atom. The summed E-state index contributed by atoms with van der Waals surface area (Å²) in [6.07, 6.45) is 3.42. The zero-order chi connectivity index (χ0) is 29.3. The molecule has 0 aliphatic carbocycles. The first-order valence-corrected chi connectivity index (χ1v) is 13.5. The number of aromatic nitrogens is 3. The third-order valence-corrected chi connectivity index (χ3v) is 7.35. The van der Waals surface area contributed by atoms with Crippen LogP contribution < -0.4 is 9.64 Å². The molecule has 212 valence electrons. The molecular formula is C30H28ClF2N5O3. The van der Waals surface area contributed by atoms with Gasteiger partial charge in [-0.15, -0.1) is 0 Å². The van der Waals surface area contributed by atoms with Crippen LogP contribution in [0, 0.1) is 11.6 Å². The number of anilines is 1. The second kappa shape index (κ2) is 11.7. The number of amides is 1. The molecule has 2 aromatic heterocycles. The molecule has 1 amide bonds. The van der Waals surface area contributed by atoms with E-state index in [4.69, 9.17) is 16.3 Å². The molecule has 0 unspecified atom stereocenters.